The smallest absolute Gasteiger partial charge is 0.330 e. The van der Waals surface area contributed by atoms with E-state index >= 15 is 4.39 Å². The van der Waals surface area contributed by atoms with E-state index in [4.69, 9.17) is 4.74 Å². The van der Waals surface area contributed by atoms with Gasteiger partial charge in [-0.3, -0.25) is 4.90 Å². The van der Waals surface area contributed by atoms with Crippen molar-refractivity contribution in [2.45, 2.75) is 64.1 Å². The Hall–Kier alpha value is -1.95. The van der Waals surface area contributed by atoms with Crippen molar-refractivity contribution in [1.29, 1.82) is 0 Å². The molecule has 0 aromatic carbocycles. The second-order valence-electron chi connectivity index (χ2n) is 8.91. The summed E-state index contributed by atoms with van der Waals surface area (Å²) in [5.41, 5.74) is 0.524. The van der Waals surface area contributed by atoms with Gasteiger partial charge in [0.2, 0.25) is 0 Å². The highest BCUT2D eigenvalue weighted by atomic mass is 19.1. The number of ether oxygens (including phenoxy) is 1. The van der Waals surface area contributed by atoms with E-state index in [1.165, 1.54) is 11.6 Å². The third-order valence-electron chi connectivity index (χ3n) is 5.19. The number of carbonyl (C=O) groups excluding carboxylic acids is 1. The van der Waals surface area contributed by atoms with Gasteiger partial charge in [-0.15, -0.1) is 0 Å². The lowest BCUT2D eigenvalue weighted by Gasteiger charge is -2.21. The van der Waals surface area contributed by atoms with Crippen LogP contribution in [0.15, 0.2) is 24.3 Å². The number of alkyl halides is 1. The van der Waals surface area contributed by atoms with Crippen LogP contribution in [0.4, 0.5) is 10.2 Å². The number of hydrogen-bond donors (Lipinski definition) is 1. The van der Waals surface area contributed by atoms with Gasteiger partial charge in [-0.25, -0.2) is 14.2 Å². The van der Waals surface area contributed by atoms with Crippen LogP contribution in [0.3, 0.4) is 0 Å². The number of carbonyl (C=O) groups is 1. The van der Waals surface area contributed by atoms with Gasteiger partial charge in [0.1, 0.15) is 17.1 Å². The summed E-state index contributed by atoms with van der Waals surface area (Å²) in [6.07, 6.45) is 7.05. The molecule has 6 heteroatoms. The SMILES string of the molecule is CC(C)(C)OC(=O)/C=C/CN1CCC(F)(CCc2ccc3c(n2)NCCC3)C1. The fourth-order valence-corrected chi connectivity index (χ4v) is 3.77. The second kappa shape index (κ2) is 8.60. The van der Waals surface area contributed by atoms with Gasteiger partial charge < -0.3 is 10.1 Å². The Kier molecular flexibility index (Phi) is 6.38. The Morgan fingerprint density at radius 2 is 2.25 bits per heavy atom. The van der Waals surface area contributed by atoms with Crippen LogP contribution in [0.2, 0.25) is 0 Å². The molecule has 1 saturated heterocycles. The highest BCUT2D eigenvalue weighted by Gasteiger charge is 2.37. The van der Waals surface area contributed by atoms with Gasteiger partial charge >= 0.3 is 5.97 Å². The normalized spacial score (nSPS) is 22.9. The van der Waals surface area contributed by atoms with Gasteiger partial charge in [-0.1, -0.05) is 12.1 Å². The zero-order chi connectivity index (χ0) is 20.2. The molecular weight excluding hydrogens is 357 g/mol. The van der Waals surface area contributed by atoms with Crippen molar-refractivity contribution in [3.8, 4) is 0 Å². The molecule has 1 aromatic heterocycles. The number of nitrogens with zero attached hydrogens (tertiary/aromatic N) is 2. The molecule has 0 aliphatic carbocycles. The maximum atomic E-state index is 15.2. The number of likely N-dealkylation sites (tertiary alicyclic amines) is 1. The molecule has 0 amide bonds. The molecule has 0 spiro atoms. The molecule has 28 heavy (non-hydrogen) atoms. The quantitative estimate of drug-likeness (QED) is 0.594. The summed E-state index contributed by atoms with van der Waals surface area (Å²) in [7, 11) is 0. The predicted molar refractivity (Wildman–Crippen MR) is 109 cm³/mol. The van der Waals surface area contributed by atoms with Crippen molar-refractivity contribution < 1.29 is 13.9 Å². The van der Waals surface area contributed by atoms with Gasteiger partial charge in [-0.2, -0.15) is 0 Å². The van der Waals surface area contributed by atoms with Gasteiger partial charge in [0, 0.05) is 37.9 Å². The highest BCUT2D eigenvalue weighted by Crippen LogP contribution is 2.30. The fourth-order valence-electron chi connectivity index (χ4n) is 3.77. The maximum Gasteiger partial charge on any atom is 0.330 e. The number of rotatable bonds is 6. The summed E-state index contributed by atoms with van der Waals surface area (Å²) in [5, 5.41) is 3.34. The summed E-state index contributed by atoms with van der Waals surface area (Å²) in [4.78, 5) is 18.4. The molecule has 2 aliphatic heterocycles. The molecule has 1 N–H and O–H groups in total. The number of esters is 1. The molecule has 5 nitrogen and oxygen atoms in total. The van der Waals surface area contributed by atoms with Gasteiger partial charge in [0.15, 0.2) is 0 Å². The number of pyridine rings is 1. The van der Waals surface area contributed by atoms with Crippen molar-refractivity contribution in [1.82, 2.24) is 9.88 Å². The number of anilines is 1. The average Bonchev–Trinajstić information content (AvgIpc) is 3.00. The van der Waals surface area contributed by atoms with E-state index < -0.39 is 11.3 Å². The van der Waals surface area contributed by atoms with E-state index in [0.29, 0.717) is 38.9 Å². The third-order valence-corrected chi connectivity index (χ3v) is 5.19. The molecule has 3 heterocycles. The Balaban J connectivity index is 1.45. The molecule has 1 aromatic rings. The lowest BCUT2D eigenvalue weighted by molar-refractivity contribution is -0.148. The Bertz CT molecular complexity index is 729. The van der Waals surface area contributed by atoms with E-state index in [9.17, 15) is 4.79 Å². The van der Waals surface area contributed by atoms with E-state index in [1.54, 1.807) is 6.08 Å². The number of aromatic nitrogens is 1. The number of nitrogens with one attached hydrogen (secondary N) is 1. The number of halogens is 1. The van der Waals surface area contributed by atoms with Crippen LogP contribution in [0.1, 0.15) is 51.3 Å². The van der Waals surface area contributed by atoms with Crippen LogP contribution in [-0.2, 0) is 22.4 Å². The molecule has 2 aliphatic rings. The second-order valence-corrected chi connectivity index (χ2v) is 8.91. The monoisotopic (exact) mass is 389 g/mol. The van der Waals surface area contributed by atoms with Crippen LogP contribution in [0, 0.1) is 0 Å². The minimum absolute atomic E-state index is 0.356. The van der Waals surface area contributed by atoms with E-state index in [2.05, 4.69) is 16.4 Å². The zero-order valence-electron chi connectivity index (χ0n) is 17.3. The first-order valence-electron chi connectivity index (χ1n) is 10.3. The molecular formula is C22H32FN3O2. The van der Waals surface area contributed by atoms with Gasteiger partial charge in [0.05, 0.1) is 0 Å². The molecule has 0 radical (unpaired) electrons. The molecule has 154 valence electrons. The van der Waals surface area contributed by atoms with Gasteiger partial charge in [-0.05, 0) is 64.5 Å². The lowest BCUT2D eigenvalue weighted by atomic mass is 9.97. The Morgan fingerprint density at radius 3 is 3.04 bits per heavy atom. The first kappa shape index (κ1) is 20.8. The molecule has 0 bridgehead atoms. The fraction of sp³-hybridized carbons (Fsp3) is 0.636. The molecule has 0 saturated carbocycles. The summed E-state index contributed by atoms with van der Waals surface area (Å²) < 4.78 is 20.4. The predicted octanol–water partition coefficient (Wildman–Crippen LogP) is 3.68. The Morgan fingerprint density at radius 1 is 1.43 bits per heavy atom. The highest BCUT2D eigenvalue weighted by molar-refractivity contribution is 5.82. The first-order chi connectivity index (χ1) is 13.2. The summed E-state index contributed by atoms with van der Waals surface area (Å²) in [5.74, 6) is 0.613. The van der Waals surface area contributed by atoms with E-state index in [-0.39, 0.29) is 5.97 Å². The van der Waals surface area contributed by atoms with Crippen LogP contribution < -0.4 is 5.32 Å². The zero-order valence-corrected chi connectivity index (χ0v) is 17.3. The molecule has 1 atom stereocenters. The summed E-state index contributed by atoms with van der Waals surface area (Å²) >= 11 is 0. The minimum Gasteiger partial charge on any atom is -0.457 e. The van der Waals surface area contributed by atoms with Crippen molar-refractivity contribution in [3.63, 3.8) is 0 Å². The van der Waals surface area contributed by atoms with Crippen molar-refractivity contribution in [2.75, 3.05) is 31.5 Å². The van der Waals surface area contributed by atoms with Crippen LogP contribution >= 0.6 is 0 Å². The standard InChI is InChI=1S/C22H32FN3O2/c1-21(2,3)28-19(27)7-5-14-26-15-12-22(23,16-26)11-10-18-9-8-17-6-4-13-24-20(17)25-18/h5,7-9H,4,6,10-16H2,1-3H3,(H,24,25)/b7-5+. The van der Waals surface area contributed by atoms with Crippen LogP contribution in [-0.4, -0.2) is 53.3 Å². The van der Waals surface area contributed by atoms with Gasteiger partial charge in [0.25, 0.3) is 0 Å². The van der Waals surface area contributed by atoms with Crippen LogP contribution in [0.25, 0.3) is 0 Å². The maximum absolute atomic E-state index is 15.2. The van der Waals surface area contributed by atoms with Crippen molar-refractivity contribution >= 4 is 11.8 Å². The largest absolute Gasteiger partial charge is 0.457 e. The topological polar surface area (TPSA) is 54.5 Å². The van der Waals surface area contributed by atoms with Crippen molar-refractivity contribution in [2.24, 2.45) is 0 Å². The molecule has 1 unspecified atom stereocenters. The number of fused-ring (bicyclic) bond motifs is 1. The van der Waals surface area contributed by atoms with E-state index in [1.807, 2.05) is 31.7 Å². The Labute approximate surface area is 167 Å². The van der Waals surface area contributed by atoms with Crippen LogP contribution in [0.5, 0.6) is 0 Å². The summed E-state index contributed by atoms with van der Waals surface area (Å²) in [6.45, 7) is 8.13. The summed E-state index contributed by atoms with van der Waals surface area (Å²) in [6, 6.07) is 4.16. The lowest BCUT2D eigenvalue weighted by Crippen LogP contribution is -2.30. The molecule has 3 rings (SSSR count). The minimum atomic E-state index is -1.19. The molecule has 1 fully saturated rings. The van der Waals surface area contributed by atoms with E-state index in [0.717, 1.165) is 30.9 Å². The third kappa shape index (κ3) is 6.03. The number of aryl methyl sites for hydroxylation is 2. The average molecular weight is 390 g/mol. The number of hydrogen-bond acceptors (Lipinski definition) is 5. The first-order valence-corrected chi connectivity index (χ1v) is 10.3. The van der Waals surface area contributed by atoms with Crippen molar-refractivity contribution in [3.05, 3.63) is 35.5 Å².